The van der Waals surface area contributed by atoms with Crippen molar-refractivity contribution in [3.8, 4) is 0 Å². The number of carbonyl (C=O) groups is 3. The monoisotopic (exact) mass is 504 g/mol. The van der Waals surface area contributed by atoms with Gasteiger partial charge in [-0.2, -0.15) is 0 Å². The second kappa shape index (κ2) is 9.42. The molecule has 37 heavy (non-hydrogen) atoms. The number of alkyl carbamates (subject to hydrolysis) is 1. The summed E-state index contributed by atoms with van der Waals surface area (Å²) in [4.78, 5) is 42.2. The Bertz CT molecular complexity index is 1290. The van der Waals surface area contributed by atoms with Crippen molar-refractivity contribution in [2.45, 2.75) is 64.2 Å². The van der Waals surface area contributed by atoms with Crippen molar-refractivity contribution >= 4 is 23.8 Å². The Balaban J connectivity index is 1.97. The van der Waals surface area contributed by atoms with Gasteiger partial charge in [-0.1, -0.05) is 48.5 Å². The molecule has 4 rings (SSSR count). The van der Waals surface area contributed by atoms with Crippen molar-refractivity contribution < 1.29 is 28.3 Å². The first-order chi connectivity index (χ1) is 17.3. The van der Waals surface area contributed by atoms with E-state index in [1.807, 2.05) is 6.07 Å². The zero-order valence-corrected chi connectivity index (χ0v) is 21.9. The van der Waals surface area contributed by atoms with E-state index in [0.717, 1.165) is 4.90 Å². The molecule has 1 N–H and O–H groups in total. The van der Waals surface area contributed by atoms with Crippen LogP contribution in [0.5, 0.6) is 0 Å². The quantitative estimate of drug-likeness (QED) is 0.460. The second-order valence-electron chi connectivity index (χ2n) is 10.9. The number of anilines is 1. The van der Waals surface area contributed by atoms with Crippen LogP contribution in [-0.4, -0.2) is 29.3 Å². The molecule has 1 aromatic heterocycles. The lowest BCUT2D eigenvalue weighted by atomic mass is 9.69. The Kier molecular flexibility index (Phi) is 6.62. The molecule has 0 saturated heterocycles. The summed E-state index contributed by atoms with van der Waals surface area (Å²) in [6.45, 7) is 10.5. The molecule has 194 valence electrons. The maximum Gasteiger partial charge on any atom is 0.421 e. The average molecular weight is 505 g/mol. The predicted molar refractivity (Wildman–Crippen MR) is 138 cm³/mol. The molecule has 2 atom stereocenters. The van der Waals surface area contributed by atoms with Gasteiger partial charge in [-0.15, -0.1) is 0 Å². The first-order valence-electron chi connectivity index (χ1n) is 12.1. The number of rotatable bonds is 4. The van der Waals surface area contributed by atoms with Gasteiger partial charge < -0.3 is 19.2 Å². The van der Waals surface area contributed by atoms with Gasteiger partial charge in [0.15, 0.2) is 0 Å². The van der Waals surface area contributed by atoms with E-state index in [1.54, 1.807) is 102 Å². The summed E-state index contributed by atoms with van der Waals surface area (Å²) in [6.07, 6.45) is -0.0715. The molecule has 1 aliphatic heterocycles. The van der Waals surface area contributed by atoms with Crippen molar-refractivity contribution in [3.63, 3.8) is 0 Å². The Labute approximate surface area is 216 Å². The highest BCUT2D eigenvalue weighted by Gasteiger charge is 2.60. The molecule has 0 spiro atoms. The minimum atomic E-state index is -1.57. The fourth-order valence-electron chi connectivity index (χ4n) is 4.59. The molecule has 8 heteroatoms. The van der Waals surface area contributed by atoms with Crippen molar-refractivity contribution in [2.24, 2.45) is 0 Å². The Morgan fingerprint density at radius 3 is 2.08 bits per heavy atom. The summed E-state index contributed by atoms with van der Waals surface area (Å²) in [5, 5.41) is 2.88. The van der Waals surface area contributed by atoms with Crippen molar-refractivity contribution in [3.05, 3.63) is 89.9 Å². The minimum Gasteiger partial charge on any atom is -0.467 e. The zero-order chi connectivity index (χ0) is 27.0. The van der Waals surface area contributed by atoms with Crippen LogP contribution in [0, 0.1) is 0 Å². The smallest absolute Gasteiger partial charge is 0.421 e. The van der Waals surface area contributed by atoms with Crippen LogP contribution >= 0.6 is 0 Å². The van der Waals surface area contributed by atoms with Gasteiger partial charge in [0.2, 0.25) is 0 Å². The van der Waals surface area contributed by atoms with Gasteiger partial charge in [-0.25, -0.2) is 14.5 Å². The van der Waals surface area contributed by atoms with Gasteiger partial charge >= 0.3 is 12.2 Å². The fraction of sp³-hybridized carbons (Fsp3) is 0.345. The third-order valence-corrected chi connectivity index (χ3v) is 5.84. The van der Waals surface area contributed by atoms with Gasteiger partial charge in [0.05, 0.1) is 12.0 Å². The van der Waals surface area contributed by atoms with Crippen LogP contribution in [0.25, 0.3) is 0 Å². The van der Waals surface area contributed by atoms with E-state index >= 15 is 0 Å². The van der Waals surface area contributed by atoms with Crippen LogP contribution in [-0.2, 0) is 19.7 Å². The SMILES string of the molecule is CC(C)(C)OC(=O)N[C@@H](c1ccco1)[C@@]1(c2ccccc2)C(=O)N(C(=O)OC(C)(C)C)c2ccccc21. The molecule has 0 unspecified atom stereocenters. The van der Waals surface area contributed by atoms with Crippen molar-refractivity contribution in [2.75, 3.05) is 4.90 Å². The summed E-state index contributed by atoms with van der Waals surface area (Å²) in [5.74, 6) is -0.254. The van der Waals surface area contributed by atoms with Crippen molar-refractivity contribution in [1.29, 1.82) is 0 Å². The first kappa shape index (κ1) is 26.0. The lowest BCUT2D eigenvalue weighted by Gasteiger charge is -2.36. The summed E-state index contributed by atoms with van der Waals surface area (Å²) < 4.78 is 17.0. The lowest BCUT2D eigenvalue weighted by molar-refractivity contribution is -0.122. The van der Waals surface area contributed by atoms with Gasteiger partial charge in [0.25, 0.3) is 5.91 Å². The Morgan fingerprint density at radius 1 is 0.865 bits per heavy atom. The van der Waals surface area contributed by atoms with Gasteiger partial charge in [0, 0.05) is 0 Å². The highest BCUT2D eigenvalue weighted by molar-refractivity contribution is 6.23. The molecule has 2 heterocycles. The highest BCUT2D eigenvalue weighted by Crippen LogP contribution is 2.53. The van der Waals surface area contributed by atoms with E-state index in [9.17, 15) is 14.4 Å². The number of amides is 3. The van der Waals surface area contributed by atoms with E-state index in [1.165, 1.54) is 6.26 Å². The van der Waals surface area contributed by atoms with Crippen LogP contribution < -0.4 is 10.2 Å². The molecule has 3 aromatic rings. The number of hydrogen-bond acceptors (Lipinski definition) is 6. The standard InChI is InChI=1S/C29H32N2O6/c1-27(2,3)36-25(33)30-23(22-17-12-18-35-22)29(19-13-8-7-9-14-19)20-15-10-11-16-21(20)31(24(29)32)26(34)37-28(4,5)6/h7-18,23H,1-6H3,(H,30,33)/t23-,29-/m0/s1. The van der Waals surface area contributed by atoms with Crippen LogP contribution in [0.2, 0.25) is 0 Å². The first-order valence-corrected chi connectivity index (χ1v) is 12.1. The van der Waals surface area contributed by atoms with E-state index in [0.29, 0.717) is 22.6 Å². The van der Waals surface area contributed by atoms with E-state index in [2.05, 4.69) is 5.32 Å². The topological polar surface area (TPSA) is 98.1 Å². The number of nitrogens with one attached hydrogen (secondary N) is 1. The maximum absolute atomic E-state index is 14.6. The Morgan fingerprint density at radius 2 is 1.49 bits per heavy atom. The largest absolute Gasteiger partial charge is 0.467 e. The normalized spacial score (nSPS) is 18.2. The molecule has 1 aliphatic rings. The fourth-order valence-corrected chi connectivity index (χ4v) is 4.59. The molecule has 2 aromatic carbocycles. The second-order valence-corrected chi connectivity index (χ2v) is 10.9. The van der Waals surface area contributed by atoms with E-state index in [-0.39, 0.29) is 0 Å². The molecule has 8 nitrogen and oxygen atoms in total. The van der Waals surface area contributed by atoms with E-state index < -0.39 is 40.8 Å². The summed E-state index contributed by atoms with van der Waals surface area (Å²) in [5.41, 5.74) is -1.72. The number of nitrogens with zero attached hydrogens (tertiary/aromatic N) is 1. The van der Waals surface area contributed by atoms with Gasteiger partial charge in [0.1, 0.15) is 28.4 Å². The molecular weight excluding hydrogens is 472 g/mol. The molecule has 3 amide bonds. The van der Waals surface area contributed by atoms with Crippen molar-refractivity contribution in [1.82, 2.24) is 5.32 Å². The summed E-state index contributed by atoms with van der Waals surface area (Å²) >= 11 is 0. The van der Waals surface area contributed by atoms with Crippen LogP contribution in [0.4, 0.5) is 15.3 Å². The molecule has 0 fully saturated rings. The molecule has 0 radical (unpaired) electrons. The molecule has 0 bridgehead atoms. The zero-order valence-electron chi connectivity index (χ0n) is 21.9. The molecule has 0 aliphatic carbocycles. The number of hydrogen-bond donors (Lipinski definition) is 1. The van der Waals surface area contributed by atoms with Crippen LogP contribution in [0.15, 0.2) is 77.4 Å². The van der Waals surface area contributed by atoms with Crippen LogP contribution in [0.1, 0.15) is 64.5 Å². The number of imide groups is 1. The predicted octanol–water partition coefficient (Wildman–Crippen LogP) is 6.11. The third-order valence-electron chi connectivity index (χ3n) is 5.84. The molecular formula is C29H32N2O6. The highest BCUT2D eigenvalue weighted by atomic mass is 16.6. The number of benzene rings is 2. The minimum absolute atomic E-state index is 0.323. The summed E-state index contributed by atoms with van der Waals surface area (Å²) in [7, 11) is 0. The molecule has 0 saturated carbocycles. The number of furan rings is 1. The summed E-state index contributed by atoms with van der Waals surface area (Å²) in [6, 6.07) is 18.3. The Hall–Kier alpha value is -4.07. The maximum atomic E-state index is 14.6. The van der Waals surface area contributed by atoms with E-state index in [4.69, 9.17) is 13.9 Å². The number of ether oxygens (including phenoxy) is 2. The number of para-hydroxylation sites is 1. The number of fused-ring (bicyclic) bond motifs is 1. The average Bonchev–Trinajstić information content (AvgIpc) is 3.41. The van der Waals surface area contributed by atoms with Gasteiger partial charge in [-0.05, 0) is 70.9 Å². The lowest BCUT2D eigenvalue weighted by Crippen LogP contribution is -2.53. The number of carbonyl (C=O) groups excluding carboxylic acids is 3. The van der Waals surface area contributed by atoms with Crippen LogP contribution in [0.3, 0.4) is 0 Å². The third kappa shape index (κ3) is 4.96. The van der Waals surface area contributed by atoms with Gasteiger partial charge in [-0.3, -0.25) is 4.79 Å².